The van der Waals surface area contributed by atoms with Crippen molar-refractivity contribution in [1.29, 1.82) is 0 Å². The van der Waals surface area contributed by atoms with Gasteiger partial charge >= 0.3 is 0 Å². The molecule has 0 saturated carbocycles. The lowest BCUT2D eigenvalue weighted by Gasteiger charge is -2.11. The van der Waals surface area contributed by atoms with Crippen LogP contribution in [-0.4, -0.2) is 16.1 Å². The quantitative estimate of drug-likeness (QED) is 0.820. The zero-order chi connectivity index (χ0) is 13.5. The maximum atomic E-state index is 11.9. The first-order chi connectivity index (χ1) is 9.25. The summed E-state index contributed by atoms with van der Waals surface area (Å²) in [4.78, 5) is 15.9. The number of pyridine rings is 1. The SMILES string of the molecule is O=C(NCc1cccnc1)C(S)Cc1ccccc1. The third kappa shape index (κ3) is 4.41. The molecular formula is C15H16N2OS. The molecule has 4 heteroatoms. The van der Waals surface area contributed by atoms with Crippen LogP contribution in [0.3, 0.4) is 0 Å². The Labute approximate surface area is 118 Å². The Kier molecular flexibility index (Phi) is 4.98. The Morgan fingerprint density at radius 2 is 1.89 bits per heavy atom. The van der Waals surface area contributed by atoms with Crippen LogP contribution < -0.4 is 5.32 Å². The first-order valence-corrected chi connectivity index (χ1v) is 6.66. The Bertz CT molecular complexity index is 516. The molecule has 0 spiro atoms. The van der Waals surface area contributed by atoms with E-state index >= 15 is 0 Å². The van der Waals surface area contributed by atoms with Gasteiger partial charge in [-0.3, -0.25) is 9.78 Å². The molecule has 0 radical (unpaired) electrons. The van der Waals surface area contributed by atoms with E-state index in [4.69, 9.17) is 0 Å². The van der Waals surface area contributed by atoms with Crippen LogP contribution in [0.25, 0.3) is 0 Å². The van der Waals surface area contributed by atoms with E-state index in [1.165, 1.54) is 0 Å². The summed E-state index contributed by atoms with van der Waals surface area (Å²) in [6.45, 7) is 0.485. The largest absolute Gasteiger partial charge is 0.351 e. The first-order valence-electron chi connectivity index (χ1n) is 6.14. The van der Waals surface area contributed by atoms with Crippen LogP contribution in [0.1, 0.15) is 11.1 Å². The monoisotopic (exact) mass is 272 g/mol. The van der Waals surface area contributed by atoms with Crippen molar-refractivity contribution in [2.24, 2.45) is 0 Å². The average molecular weight is 272 g/mol. The van der Waals surface area contributed by atoms with Gasteiger partial charge in [-0.15, -0.1) is 0 Å². The Morgan fingerprint density at radius 3 is 2.58 bits per heavy atom. The molecule has 1 aromatic heterocycles. The van der Waals surface area contributed by atoms with E-state index < -0.39 is 0 Å². The number of nitrogens with zero attached hydrogens (tertiary/aromatic N) is 1. The third-order valence-corrected chi connectivity index (χ3v) is 3.18. The fourth-order valence-electron chi connectivity index (χ4n) is 1.74. The lowest BCUT2D eigenvalue weighted by atomic mass is 10.1. The van der Waals surface area contributed by atoms with Gasteiger partial charge in [0.25, 0.3) is 0 Å². The van der Waals surface area contributed by atoms with E-state index in [1.807, 2.05) is 42.5 Å². The van der Waals surface area contributed by atoms with E-state index in [2.05, 4.69) is 22.9 Å². The predicted octanol–water partition coefficient (Wildman–Crippen LogP) is 2.24. The molecule has 1 N–H and O–H groups in total. The molecule has 0 bridgehead atoms. The maximum absolute atomic E-state index is 11.9. The summed E-state index contributed by atoms with van der Waals surface area (Å²) in [7, 11) is 0. The van der Waals surface area contributed by atoms with Crippen molar-refractivity contribution in [3.05, 3.63) is 66.0 Å². The fraction of sp³-hybridized carbons (Fsp3) is 0.200. The summed E-state index contributed by atoms with van der Waals surface area (Å²) in [5.74, 6) is -0.0592. The molecule has 19 heavy (non-hydrogen) atoms. The van der Waals surface area contributed by atoms with Crippen LogP contribution in [0.15, 0.2) is 54.9 Å². The van der Waals surface area contributed by atoms with Crippen LogP contribution in [0.2, 0.25) is 0 Å². The zero-order valence-electron chi connectivity index (χ0n) is 10.5. The maximum Gasteiger partial charge on any atom is 0.233 e. The molecular weight excluding hydrogens is 256 g/mol. The van der Waals surface area contributed by atoms with E-state index in [-0.39, 0.29) is 11.2 Å². The fourth-order valence-corrected chi connectivity index (χ4v) is 2.04. The molecule has 0 aliphatic carbocycles. The lowest BCUT2D eigenvalue weighted by molar-refractivity contribution is -0.120. The zero-order valence-corrected chi connectivity index (χ0v) is 11.4. The number of hydrogen-bond acceptors (Lipinski definition) is 3. The summed E-state index contributed by atoms with van der Waals surface area (Å²) < 4.78 is 0. The molecule has 0 aliphatic heterocycles. The summed E-state index contributed by atoms with van der Waals surface area (Å²) >= 11 is 4.36. The Morgan fingerprint density at radius 1 is 1.16 bits per heavy atom. The minimum atomic E-state index is -0.334. The van der Waals surface area contributed by atoms with Gasteiger partial charge in [-0.2, -0.15) is 12.6 Å². The molecule has 1 amide bonds. The lowest BCUT2D eigenvalue weighted by Crippen LogP contribution is -2.32. The van der Waals surface area contributed by atoms with Crippen molar-refractivity contribution in [1.82, 2.24) is 10.3 Å². The van der Waals surface area contributed by atoms with Gasteiger partial charge in [-0.1, -0.05) is 36.4 Å². The number of thiol groups is 1. The van der Waals surface area contributed by atoms with Crippen LogP contribution in [-0.2, 0) is 17.8 Å². The molecule has 1 aromatic carbocycles. The smallest absolute Gasteiger partial charge is 0.233 e. The number of rotatable bonds is 5. The van der Waals surface area contributed by atoms with Gasteiger partial charge in [0, 0.05) is 18.9 Å². The summed E-state index contributed by atoms with van der Waals surface area (Å²) in [6.07, 6.45) is 4.08. The van der Waals surface area contributed by atoms with Crippen LogP contribution in [0.4, 0.5) is 0 Å². The van der Waals surface area contributed by atoms with Gasteiger partial charge < -0.3 is 5.32 Å². The van der Waals surface area contributed by atoms with Gasteiger partial charge in [-0.25, -0.2) is 0 Å². The second-order valence-corrected chi connectivity index (χ2v) is 4.91. The van der Waals surface area contributed by atoms with Gasteiger partial charge in [0.2, 0.25) is 5.91 Å². The van der Waals surface area contributed by atoms with Gasteiger partial charge in [-0.05, 0) is 23.6 Å². The molecule has 0 fully saturated rings. The number of carbonyl (C=O) groups excluding carboxylic acids is 1. The van der Waals surface area contributed by atoms with Crippen molar-refractivity contribution >= 4 is 18.5 Å². The van der Waals surface area contributed by atoms with Gasteiger partial charge in [0.1, 0.15) is 0 Å². The number of amides is 1. The highest BCUT2D eigenvalue weighted by atomic mass is 32.1. The van der Waals surface area contributed by atoms with E-state index in [1.54, 1.807) is 12.4 Å². The molecule has 1 unspecified atom stereocenters. The van der Waals surface area contributed by atoms with Crippen molar-refractivity contribution in [3.8, 4) is 0 Å². The van der Waals surface area contributed by atoms with Crippen molar-refractivity contribution in [2.45, 2.75) is 18.2 Å². The number of hydrogen-bond donors (Lipinski definition) is 2. The summed E-state index contributed by atoms with van der Waals surface area (Å²) in [5.41, 5.74) is 2.09. The van der Waals surface area contributed by atoms with Gasteiger partial charge in [0.15, 0.2) is 0 Å². The first kappa shape index (κ1) is 13.6. The second-order valence-electron chi connectivity index (χ2n) is 4.28. The molecule has 98 valence electrons. The minimum Gasteiger partial charge on any atom is -0.351 e. The third-order valence-electron chi connectivity index (χ3n) is 2.76. The van der Waals surface area contributed by atoms with E-state index in [9.17, 15) is 4.79 Å². The van der Waals surface area contributed by atoms with Crippen LogP contribution in [0.5, 0.6) is 0 Å². The summed E-state index contributed by atoms with van der Waals surface area (Å²) in [6, 6.07) is 13.7. The number of benzene rings is 1. The van der Waals surface area contributed by atoms with Crippen LogP contribution in [0, 0.1) is 0 Å². The molecule has 0 aliphatic rings. The van der Waals surface area contributed by atoms with Crippen molar-refractivity contribution in [2.75, 3.05) is 0 Å². The minimum absolute atomic E-state index is 0.0592. The number of nitrogens with one attached hydrogen (secondary N) is 1. The van der Waals surface area contributed by atoms with E-state index in [0.717, 1.165) is 11.1 Å². The van der Waals surface area contributed by atoms with E-state index in [0.29, 0.717) is 13.0 Å². The topological polar surface area (TPSA) is 42.0 Å². The number of aromatic nitrogens is 1. The normalized spacial score (nSPS) is 11.8. The predicted molar refractivity (Wildman–Crippen MR) is 79.0 cm³/mol. The Hall–Kier alpha value is -1.81. The standard InChI is InChI=1S/C15H16N2OS/c18-15(17-11-13-7-4-8-16-10-13)14(19)9-12-5-2-1-3-6-12/h1-8,10,14,19H,9,11H2,(H,17,18). The second kappa shape index (κ2) is 6.95. The molecule has 1 heterocycles. The van der Waals surface area contributed by atoms with Crippen LogP contribution >= 0.6 is 12.6 Å². The molecule has 2 aromatic rings. The molecule has 2 rings (SSSR count). The molecule has 1 atom stereocenters. The highest BCUT2D eigenvalue weighted by Gasteiger charge is 2.13. The Balaban J connectivity index is 1.83. The average Bonchev–Trinajstić information content (AvgIpc) is 2.47. The number of carbonyl (C=O) groups is 1. The highest BCUT2D eigenvalue weighted by molar-refractivity contribution is 7.81. The molecule has 3 nitrogen and oxygen atoms in total. The highest BCUT2D eigenvalue weighted by Crippen LogP contribution is 2.08. The van der Waals surface area contributed by atoms with Crippen molar-refractivity contribution in [3.63, 3.8) is 0 Å². The summed E-state index contributed by atoms with van der Waals surface area (Å²) in [5, 5.41) is 2.53. The van der Waals surface area contributed by atoms with Gasteiger partial charge in [0.05, 0.1) is 5.25 Å². The molecule has 0 saturated heterocycles. The van der Waals surface area contributed by atoms with Crippen molar-refractivity contribution < 1.29 is 4.79 Å².